The summed E-state index contributed by atoms with van der Waals surface area (Å²) in [5.41, 5.74) is 3.48. The predicted octanol–water partition coefficient (Wildman–Crippen LogP) is 6.55. The van der Waals surface area contributed by atoms with Crippen LogP contribution in [0.1, 0.15) is 61.1 Å². The number of halogens is 2. The number of rotatable bonds is 5. The molecule has 0 bridgehead atoms. The second kappa shape index (κ2) is 11.1. The lowest BCUT2D eigenvalue weighted by molar-refractivity contribution is -0.124. The molecule has 1 saturated carbocycles. The molecule has 0 radical (unpaired) electrons. The Balaban J connectivity index is 1.57. The molecule has 2 heterocycles. The van der Waals surface area contributed by atoms with Crippen molar-refractivity contribution < 1.29 is 14.4 Å². The van der Waals surface area contributed by atoms with Crippen molar-refractivity contribution in [1.82, 2.24) is 10.3 Å². The van der Waals surface area contributed by atoms with Crippen molar-refractivity contribution in [2.75, 3.05) is 11.4 Å². The first kappa shape index (κ1) is 28.0. The molecule has 1 aromatic heterocycles. The smallest absolute Gasteiger partial charge is 0.251 e. The van der Waals surface area contributed by atoms with Gasteiger partial charge in [0.15, 0.2) is 0 Å². The lowest BCUT2D eigenvalue weighted by Gasteiger charge is -2.41. The summed E-state index contributed by atoms with van der Waals surface area (Å²) in [5, 5.41) is 3.78. The molecule has 2 atom stereocenters. The molecule has 7 nitrogen and oxygen atoms in total. The van der Waals surface area contributed by atoms with Gasteiger partial charge in [-0.2, -0.15) is 0 Å². The van der Waals surface area contributed by atoms with Gasteiger partial charge in [-0.15, -0.1) is 0 Å². The Bertz CT molecular complexity index is 1520. The Labute approximate surface area is 243 Å². The van der Waals surface area contributed by atoms with Gasteiger partial charge in [0.05, 0.1) is 23.3 Å². The third-order valence-electron chi connectivity index (χ3n) is 7.44. The van der Waals surface area contributed by atoms with Crippen molar-refractivity contribution in [2.45, 2.75) is 46.1 Å². The molecule has 3 aromatic rings. The van der Waals surface area contributed by atoms with Gasteiger partial charge in [-0.25, -0.2) is 0 Å². The summed E-state index contributed by atoms with van der Waals surface area (Å²) in [6.07, 6.45) is 5.03. The van der Waals surface area contributed by atoms with Gasteiger partial charge in [0.25, 0.3) is 5.91 Å². The van der Waals surface area contributed by atoms with Crippen LogP contribution < -0.4 is 10.2 Å². The van der Waals surface area contributed by atoms with E-state index in [1.54, 1.807) is 53.7 Å². The van der Waals surface area contributed by atoms with E-state index in [4.69, 9.17) is 28.2 Å². The molecule has 40 heavy (non-hydrogen) atoms. The predicted molar refractivity (Wildman–Crippen MR) is 158 cm³/mol. The third-order valence-corrected chi connectivity index (χ3v) is 8.00. The molecule has 1 aliphatic carbocycles. The number of carbonyl (C=O) groups excluding carboxylic acids is 3. The number of carbonyl (C=O) groups is 3. The highest BCUT2D eigenvalue weighted by molar-refractivity contribution is 6.35. The fraction of sp³-hybridized carbons (Fsp3) is 0.323. The monoisotopic (exact) mass is 576 g/mol. The highest BCUT2D eigenvalue weighted by atomic mass is 35.5. The van der Waals surface area contributed by atoms with E-state index in [0.29, 0.717) is 64.1 Å². The zero-order valence-corrected chi connectivity index (χ0v) is 24.1. The van der Waals surface area contributed by atoms with Crippen molar-refractivity contribution in [2.24, 2.45) is 16.3 Å². The standard InChI is InChI=1S/C31H30Cl2N4O3/c1-18(38)37-26-7-4-20(30(40)35-13-10-19-8-11-34-12-9-19)14-24(26)36-25-16-31(2,3)17-27(39)28(25)29(37)22-6-5-21(32)15-23(22)33/h4-9,11-12,14-15,28-29H,10,13,16-17H2,1-3H3,(H,35,40). The highest BCUT2D eigenvalue weighted by Crippen LogP contribution is 2.49. The van der Waals surface area contributed by atoms with Gasteiger partial charge in [-0.05, 0) is 71.8 Å². The minimum atomic E-state index is -0.703. The van der Waals surface area contributed by atoms with E-state index in [1.165, 1.54) is 6.92 Å². The molecule has 2 aromatic carbocycles. The third kappa shape index (κ3) is 5.67. The molecule has 2 amide bonds. The maximum atomic E-state index is 13.7. The van der Waals surface area contributed by atoms with Gasteiger partial charge in [0.1, 0.15) is 5.78 Å². The Hall–Kier alpha value is -3.55. The number of ketones is 1. The van der Waals surface area contributed by atoms with Crippen molar-refractivity contribution in [3.05, 3.63) is 87.7 Å². The molecule has 0 spiro atoms. The summed E-state index contributed by atoms with van der Waals surface area (Å²) < 4.78 is 0. The number of fused-ring (bicyclic) bond motifs is 2. The number of anilines is 1. The maximum Gasteiger partial charge on any atom is 0.251 e. The minimum absolute atomic E-state index is 0.000786. The summed E-state index contributed by atoms with van der Waals surface area (Å²) in [6.45, 7) is 5.99. The molecule has 5 rings (SSSR count). The SMILES string of the molecule is CC(=O)N1c2ccc(C(=O)NCCc3ccncc3)cc2N=C2CC(C)(C)CC(=O)C2C1c1ccc(Cl)cc1Cl. The number of aliphatic imine (C=N–C) groups is 1. The molecular weight excluding hydrogens is 547 g/mol. The molecule has 206 valence electrons. The largest absolute Gasteiger partial charge is 0.352 e. The molecule has 9 heteroatoms. The lowest BCUT2D eigenvalue weighted by atomic mass is 9.68. The first-order chi connectivity index (χ1) is 19.0. The minimum Gasteiger partial charge on any atom is -0.352 e. The first-order valence-corrected chi connectivity index (χ1v) is 14.0. The Kier molecular flexibility index (Phi) is 7.80. The topological polar surface area (TPSA) is 91.7 Å². The van der Waals surface area contributed by atoms with Gasteiger partial charge in [-0.3, -0.25) is 24.4 Å². The van der Waals surface area contributed by atoms with Crippen molar-refractivity contribution in [3.8, 4) is 0 Å². The number of hydrogen-bond acceptors (Lipinski definition) is 5. The van der Waals surface area contributed by atoms with E-state index in [9.17, 15) is 14.4 Å². The number of Topliss-reactive ketones (excluding diaryl/α,β-unsaturated/α-hetero) is 1. The lowest BCUT2D eigenvalue weighted by Crippen LogP contribution is -2.47. The number of pyridine rings is 1. The van der Waals surface area contributed by atoms with Gasteiger partial charge in [0.2, 0.25) is 5.91 Å². The average Bonchev–Trinajstić information content (AvgIpc) is 3.02. The average molecular weight is 578 g/mol. The molecule has 0 saturated heterocycles. The van der Waals surface area contributed by atoms with E-state index in [0.717, 1.165) is 5.56 Å². The second-order valence-corrected chi connectivity index (χ2v) is 12.0. The van der Waals surface area contributed by atoms with E-state index in [-0.39, 0.29) is 23.0 Å². The van der Waals surface area contributed by atoms with Crippen LogP contribution in [0.4, 0.5) is 11.4 Å². The van der Waals surface area contributed by atoms with Gasteiger partial charge in [-0.1, -0.05) is 43.1 Å². The number of aromatic nitrogens is 1. The number of amides is 2. The Morgan fingerprint density at radius 3 is 2.50 bits per heavy atom. The van der Waals surface area contributed by atoms with Crippen LogP contribution in [-0.2, 0) is 16.0 Å². The molecule has 1 fully saturated rings. The van der Waals surface area contributed by atoms with E-state index < -0.39 is 12.0 Å². The normalized spacial score (nSPS) is 19.7. The van der Waals surface area contributed by atoms with Crippen LogP contribution in [0.25, 0.3) is 0 Å². The van der Waals surface area contributed by atoms with Gasteiger partial charge in [0, 0.05) is 53.6 Å². The van der Waals surface area contributed by atoms with Gasteiger partial charge >= 0.3 is 0 Å². The molecule has 2 aliphatic rings. The van der Waals surface area contributed by atoms with Crippen LogP contribution in [0.2, 0.25) is 10.0 Å². The van der Waals surface area contributed by atoms with E-state index in [2.05, 4.69) is 10.3 Å². The summed E-state index contributed by atoms with van der Waals surface area (Å²) in [4.78, 5) is 50.7. The molecule has 2 unspecified atom stereocenters. The summed E-state index contributed by atoms with van der Waals surface area (Å²) in [6, 6.07) is 13.3. The zero-order chi connectivity index (χ0) is 28.6. The van der Waals surface area contributed by atoms with Crippen LogP contribution in [0.15, 0.2) is 65.9 Å². The van der Waals surface area contributed by atoms with Crippen molar-refractivity contribution in [3.63, 3.8) is 0 Å². The molecular formula is C31H30Cl2N4O3. The van der Waals surface area contributed by atoms with Crippen LogP contribution in [0.5, 0.6) is 0 Å². The highest BCUT2D eigenvalue weighted by Gasteiger charge is 2.47. The Morgan fingerprint density at radius 1 is 1.05 bits per heavy atom. The Morgan fingerprint density at radius 2 is 1.80 bits per heavy atom. The van der Waals surface area contributed by atoms with Crippen LogP contribution in [0.3, 0.4) is 0 Å². The maximum absolute atomic E-state index is 13.7. The zero-order valence-electron chi connectivity index (χ0n) is 22.6. The fourth-order valence-corrected chi connectivity index (χ4v) is 6.23. The number of hydrogen-bond donors (Lipinski definition) is 1. The summed E-state index contributed by atoms with van der Waals surface area (Å²) in [5.74, 6) is -1.19. The number of nitrogens with zero attached hydrogens (tertiary/aromatic N) is 3. The van der Waals surface area contributed by atoms with Crippen LogP contribution in [0, 0.1) is 11.3 Å². The second-order valence-electron chi connectivity index (χ2n) is 11.1. The number of nitrogens with one attached hydrogen (secondary N) is 1. The quantitative estimate of drug-likeness (QED) is 0.373. The fourth-order valence-electron chi connectivity index (χ4n) is 5.71. The van der Waals surface area contributed by atoms with E-state index in [1.807, 2.05) is 26.0 Å². The van der Waals surface area contributed by atoms with Crippen LogP contribution in [-0.4, -0.2) is 34.8 Å². The van der Waals surface area contributed by atoms with Gasteiger partial charge < -0.3 is 10.2 Å². The molecule has 1 N–H and O–H groups in total. The summed E-state index contributed by atoms with van der Waals surface area (Å²) in [7, 11) is 0. The van der Waals surface area contributed by atoms with Crippen LogP contribution >= 0.6 is 23.2 Å². The van der Waals surface area contributed by atoms with E-state index >= 15 is 0 Å². The summed E-state index contributed by atoms with van der Waals surface area (Å²) >= 11 is 12.9. The van der Waals surface area contributed by atoms with Crippen molar-refractivity contribution in [1.29, 1.82) is 0 Å². The number of benzene rings is 2. The molecule has 1 aliphatic heterocycles. The first-order valence-electron chi connectivity index (χ1n) is 13.2. The van der Waals surface area contributed by atoms with Crippen molar-refractivity contribution >= 4 is 57.9 Å².